The molecule has 0 unspecified atom stereocenters. The van der Waals surface area contributed by atoms with Crippen LogP contribution in [0.3, 0.4) is 0 Å². The zero-order valence-electron chi connectivity index (χ0n) is 13.9. The van der Waals surface area contributed by atoms with Crippen LogP contribution in [0, 0.1) is 0 Å². The standard InChI is InChI=1S/C19H13NO7/c21-17(22)9-24-13-4-1-11(2-5-13)7-14-19(23)27-18(20-14)12-3-6-15-16(8-12)26-10-25-15/h1-8H,9-10H2,(H,21,22)/b14-7-. The van der Waals surface area contributed by atoms with Gasteiger partial charge in [-0.15, -0.1) is 0 Å². The molecule has 8 heteroatoms. The first kappa shape index (κ1) is 16.6. The van der Waals surface area contributed by atoms with Crippen LogP contribution in [0.5, 0.6) is 17.2 Å². The van der Waals surface area contributed by atoms with Gasteiger partial charge in [0.1, 0.15) is 5.75 Å². The average molecular weight is 367 g/mol. The summed E-state index contributed by atoms with van der Waals surface area (Å²) >= 11 is 0. The van der Waals surface area contributed by atoms with Crippen molar-refractivity contribution in [1.29, 1.82) is 0 Å². The molecule has 0 amide bonds. The summed E-state index contributed by atoms with van der Waals surface area (Å²) in [5.41, 5.74) is 1.45. The van der Waals surface area contributed by atoms with Gasteiger partial charge in [0.15, 0.2) is 23.8 Å². The highest BCUT2D eigenvalue weighted by Gasteiger charge is 2.25. The lowest BCUT2D eigenvalue weighted by atomic mass is 10.2. The Kier molecular flexibility index (Phi) is 4.21. The van der Waals surface area contributed by atoms with Crippen molar-refractivity contribution < 1.29 is 33.6 Å². The first-order valence-electron chi connectivity index (χ1n) is 7.96. The van der Waals surface area contributed by atoms with Crippen LogP contribution in [-0.4, -0.2) is 36.3 Å². The molecule has 2 heterocycles. The van der Waals surface area contributed by atoms with Gasteiger partial charge in [-0.05, 0) is 42.0 Å². The number of esters is 1. The number of aliphatic imine (C=N–C) groups is 1. The minimum atomic E-state index is -1.06. The molecular formula is C19H13NO7. The normalized spacial score (nSPS) is 16.2. The molecule has 2 aromatic rings. The number of hydrogen-bond donors (Lipinski definition) is 1. The molecular weight excluding hydrogens is 354 g/mol. The lowest BCUT2D eigenvalue weighted by Gasteiger charge is -2.02. The van der Waals surface area contributed by atoms with E-state index in [2.05, 4.69) is 4.99 Å². The Labute approximate surface area is 153 Å². The van der Waals surface area contributed by atoms with Gasteiger partial charge < -0.3 is 24.1 Å². The summed E-state index contributed by atoms with van der Waals surface area (Å²) in [6, 6.07) is 11.8. The molecule has 27 heavy (non-hydrogen) atoms. The van der Waals surface area contributed by atoms with E-state index in [1.54, 1.807) is 48.5 Å². The van der Waals surface area contributed by atoms with Crippen molar-refractivity contribution in [3.63, 3.8) is 0 Å². The number of fused-ring (bicyclic) bond motifs is 1. The van der Waals surface area contributed by atoms with Crippen LogP contribution >= 0.6 is 0 Å². The van der Waals surface area contributed by atoms with Crippen molar-refractivity contribution >= 4 is 23.9 Å². The Bertz CT molecular complexity index is 976. The molecule has 0 bridgehead atoms. The predicted octanol–water partition coefficient (Wildman–Crippen LogP) is 2.22. The third-order valence-corrected chi connectivity index (χ3v) is 3.79. The Balaban J connectivity index is 1.53. The second kappa shape index (κ2) is 6.83. The number of carboxylic acids is 1. The number of rotatable bonds is 5. The van der Waals surface area contributed by atoms with Gasteiger partial charge in [-0.1, -0.05) is 12.1 Å². The molecule has 136 valence electrons. The molecule has 0 spiro atoms. The summed E-state index contributed by atoms with van der Waals surface area (Å²) in [7, 11) is 0. The highest BCUT2D eigenvalue weighted by molar-refractivity contribution is 6.13. The third kappa shape index (κ3) is 3.59. The van der Waals surface area contributed by atoms with Crippen LogP contribution in [0.25, 0.3) is 6.08 Å². The van der Waals surface area contributed by atoms with E-state index < -0.39 is 18.5 Å². The van der Waals surface area contributed by atoms with Crippen LogP contribution in [0.4, 0.5) is 0 Å². The Hall–Kier alpha value is -3.81. The third-order valence-electron chi connectivity index (χ3n) is 3.79. The van der Waals surface area contributed by atoms with Gasteiger partial charge in [0.25, 0.3) is 0 Å². The largest absolute Gasteiger partial charge is 0.482 e. The molecule has 0 atom stereocenters. The van der Waals surface area contributed by atoms with E-state index in [9.17, 15) is 9.59 Å². The van der Waals surface area contributed by atoms with Crippen LogP contribution in [0.1, 0.15) is 11.1 Å². The molecule has 4 rings (SSSR count). The quantitative estimate of drug-likeness (QED) is 0.638. The number of nitrogens with zero attached hydrogens (tertiary/aromatic N) is 1. The molecule has 8 nitrogen and oxygen atoms in total. The van der Waals surface area contributed by atoms with Crippen LogP contribution in [-0.2, 0) is 14.3 Å². The number of cyclic esters (lactones) is 1. The maximum atomic E-state index is 12.1. The van der Waals surface area contributed by atoms with Crippen molar-refractivity contribution in [3.05, 3.63) is 59.3 Å². The monoisotopic (exact) mass is 367 g/mol. The van der Waals surface area contributed by atoms with Gasteiger partial charge >= 0.3 is 11.9 Å². The summed E-state index contributed by atoms with van der Waals surface area (Å²) in [6.45, 7) is -0.266. The molecule has 2 aliphatic heterocycles. The fraction of sp³-hybridized carbons (Fsp3) is 0.105. The molecule has 0 aliphatic carbocycles. The summed E-state index contributed by atoms with van der Waals surface area (Å²) in [4.78, 5) is 26.8. The number of benzene rings is 2. The van der Waals surface area contributed by atoms with Gasteiger partial charge in [0.05, 0.1) is 0 Å². The second-order valence-electron chi connectivity index (χ2n) is 5.66. The minimum absolute atomic E-state index is 0.155. The first-order chi connectivity index (χ1) is 13.1. The number of hydrogen-bond acceptors (Lipinski definition) is 7. The molecule has 0 saturated heterocycles. The van der Waals surface area contributed by atoms with Crippen molar-refractivity contribution in [2.75, 3.05) is 13.4 Å². The van der Waals surface area contributed by atoms with Crippen molar-refractivity contribution in [2.24, 2.45) is 4.99 Å². The van der Waals surface area contributed by atoms with Gasteiger partial charge in [-0.2, -0.15) is 0 Å². The highest BCUT2D eigenvalue weighted by Crippen LogP contribution is 2.33. The maximum Gasteiger partial charge on any atom is 0.363 e. The van der Waals surface area contributed by atoms with E-state index in [1.807, 2.05) is 0 Å². The number of aliphatic carboxylic acids is 1. The van der Waals surface area contributed by atoms with E-state index in [1.165, 1.54) is 0 Å². The maximum absolute atomic E-state index is 12.1. The van der Waals surface area contributed by atoms with E-state index in [4.69, 9.17) is 24.1 Å². The molecule has 1 N–H and O–H groups in total. The van der Waals surface area contributed by atoms with E-state index in [-0.39, 0.29) is 18.4 Å². The average Bonchev–Trinajstić information content (AvgIpc) is 3.27. The molecule has 0 radical (unpaired) electrons. The Morgan fingerprint density at radius 1 is 1.15 bits per heavy atom. The SMILES string of the molecule is O=C(O)COc1ccc(/C=C2\N=C(c3ccc4c(c3)OCO4)OC2=O)cc1. The molecule has 0 aromatic heterocycles. The topological polar surface area (TPSA) is 104 Å². The summed E-state index contributed by atoms with van der Waals surface area (Å²) in [6.07, 6.45) is 1.57. The summed E-state index contributed by atoms with van der Waals surface area (Å²) in [5.74, 6) is 0.184. The van der Waals surface area contributed by atoms with Crippen molar-refractivity contribution in [3.8, 4) is 17.2 Å². The van der Waals surface area contributed by atoms with Crippen molar-refractivity contribution in [1.82, 2.24) is 0 Å². The van der Waals surface area contributed by atoms with Gasteiger partial charge in [-0.25, -0.2) is 14.6 Å². The molecule has 0 fully saturated rings. The lowest BCUT2D eigenvalue weighted by molar-refractivity contribution is -0.139. The van der Waals surface area contributed by atoms with E-state index >= 15 is 0 Å². The number of carboxylic acid groups (broad SMARTS) is 1. The zero-order chi connectivity index (χ0) is 18.8. The van der Waals surface area contributed by atoms with Gasteiger partial charge in [0, 0.05) is 5.56 Å². The zero-order valence-corrected chi connectivity index (χ0v) is 13.9. The Morgan fingerprint density at radius 2 is 1.93 bits per heavy atom. The molecule has 2 aliphatic rings. The highest BCUT2D eigenvalue weighted by atomic mass is 16.7. The fourth-order valence-corrected chi connectivity index (χ4v) is 2.53. The molecule has 0 saturated carbocycles. The Morgan fingerprint density at radius 3 is 2.70 bits per heavy atom. The number of carbonyl (C=O) groups excluding carboxylic acids is 1. The smallest absolute Gasteiger partial charge is 0.363 e. The van der Waals surface area contributed by atoms with Gasteiger partial charge in [-0.3, -0.25) is 0 Å². The fourth-order valence-electron chi connectivity index (χ4n) is 2.53. The van der Waals surface area contributed by atoms with Gasteiger partial charge in [0.2, 0.25) is 12.7 Å². The minimum Gasteiger partial charge on any atom is -0.482 e. The number of carbonyl (C=O) groups is 2. The lowest BCUT2D eigenvalue weighted by Crippen LogP contribution is -2.09. The van der Waals surface area contributed by atoms with Crippen LogP contribution in [0.2, 0.25) is 0 Å². The summed E-state index contributed by atoms with van der Waals surface area (Å²) < 4.78 is 20.9. The van der Waals surface area contributed by atoms with Crippen LogP contribution < -0.4 is 14.2 Å². The van der Waals surface area contributed by atoms with E-state index in [0.29, 0.717) is 28.4 Å². The molecule has 2 aromatic carbocycles. The number of ether oxygens (including phenoxy) is 4. The van der Waals surface area contributed by atoms with Crippen LogP contribution in [0.15, 0.2) is 53.2 Å². The predicted molar refractivity (Wildman–Crippen MR) is 92.7 cm³/mol. The summed E-state index contributed by atoms with van der Waals surface area (Å²) in [5, 5.41) is 8.60. The first-order valence-corrected chi connectivity index (χ1v) is 7.96. The van der Waals surface area contributed by atoms with Crippen molar-refractivity contribution in [2.45, 2.75) is 0 Å². The van der Waals surface area contributed by atoms with E-state index in [0.717, 1.165) is 0 Å². The second-order valence-corrected chi connectivity index (χ2v) is 5.66.